The molecule has 2 rings (SSSR count). The maximum absolute atomic E-state index is 5.72. The molecule has 2 aromatic rings. The average molecular weight is 525 g/mol. The molecule has 0 aliphatic heterocycles. The minimum Gasteiger partial charge on any atom is -0.491 e. The molecular formula is C23H32IN3O3. The van der Waals surface area contributed by atoms with Crippen molar-refractivity contribution in [1.82, 2.24) is 10.6 Å². The standard InChI is InChI=1S/C23H31N3O3.HI/c1-4-14-29-22-9-7-6-8-20(22)18-26-23(24-5-2)25-17-19-10-12-21(13-11-19)28-16-15-27-3;/h4,6-13H,1,5,14-18H2,2-3H3,(H2,24,25,26);1H. The van der Waals surface area contributed by atoms with Crippen LogP contribution < -0.4 is 20.1 Å². The van der Waals surface area contributed by atoms with Gasteiger partial charge in [0.2, 0.25) is 0 Å². The van der Waals surface area contributed by atoms with Crippen LogP contribution in [0, 0.1) is 0 Å². The third kappa shape index (κ3) is 9.49. The van der Waals surface area contributed by atoms with Crippen LogP contribution in [0.15, 0.2) is 66.2 Å². The number of nitrogens with one attached hydrogen (secondary N) is 2. The summed E-state index contributed by atoms with van der Waals surface area (Å²) in [5, 5.41) is 6.64. The molecule has 7 heteroatoms. The highest BCUT2D eigenvalue weighted by Crippen LogP contribution is 2.17. The number of rotatable bonds is 12. The Labute approximate surface area is 196 Å². The van der Waals surface area contributed by atoms with E-state index in [0.29, 0.717) is 32.9 Å². The normalized spacial score (nSPS) is 10.7. The summed E-state index contributed by atoms with van der Waals surface area (Å²) in [5.74, 6) is 2.43. The van der Waals surface area contributed by atoms with Gasteiger partial charge < -0.3 is 24.8 Å². The average Bonchev–Trinajstić information content (AvgIpc) is 2.76. The van der Waals surface area contributed by atoms with Crippen LogP contribution in [0.2, 0.25) is 0 Å². The van der Waals surface area contributed by atoms with Gasteiger partial charge in [0.15, 0.2) is 5.96 Å². The fraction of sp³-hybridized carbons (Fsp3) is 0.348. The zero-order valence-electron chi connectivity index (χ0n) is 17.7. The van der Waals surface area contributed by atoms with E-state index in [-0.39, 0.29) is 24.0 Å². The highest BCUT2D eigenvalue weighted by molar-refractivity contribution is 14.0. The summed E-state index contributed by atoms with van der Waals surface area (Å²) in [6.45, 7) is 9.32. The molecule has 2 N–H and O–H groups in total. The van der Waals surface area contributed by atoms with E-state index < -0.39 is 0 Å². The second-order valence-electron chi connectivity index (χ2n) is 6.24. The van der Waals surface area contributed by atoms with Crippen LogP contribution in [-0.4, -0.2) is 39.4 Å². The predicted molar refractivity (Wildman–Crippen MR) is 133 cm³/mol. The predicted octanol–water partition coefficient (Wildman–Crippen LogP) is 4.15. The SMILES string of the molecule is C=CCOc1ccccc1CNC(=NCc1ccc(OCCOC)cc1)NCC.I. The summed E-state index contributed by atoms with van der Waals surface area (Å²) in [6.07, 6.45) is 1.74. The number of para-hydroxylation sites is 1. The van der Waals surface area contributed by atoms with Gasteiger partial charge in [-0.25, -0.2) is 4.99 Å². The first-order valence-corrected chi connectivity index (χ1v) is 9.81. The van der Waals surface area contributed by atoms with Crippen molar-refractivity contribution >= 4 is 29.9 Å². The van der Waals surface area contributed by atoms with Gasteiger partial charge in [0.05, 0.1) is 13.2 Å². The number of aliphatic imine (C=N–C) groups is 1. The van der Waals surface area contributed by atoms with Crippen LogP contribution >= 0.6 is 24.0 Å². The molecule has 0 heterocycles. The number of halogens is 1. The number of hydrogen-bond acceptors (Lipinski definition) is 4. The van der Waals surface area contributed by atoms with Crippen molar-refractivity contribution in [2.24, 2.45) is 4.99 Å². The zero-order chi connectivity index (χ0) is 20.7. The highest BCUT2D eigenvalue weighted by atomic mass is 127. The zero-order valence-corrected chi connectivity index (χ0v) is 20.1. The minimum atomic E-state index is 0. The molecule has 0 amide bonds. The number of ether oxygens (including phenoxy) is 3. The van der Waals surface area contributed by atoms with Crippen LogP contribution in [0.25, 0.3) is 0 Å². The number of benzene rings is 2. The maximum Gasteiger partial charge on any atom is 0.191 e. The third-order valence-corrected chi connectivity index (χ3v) is 4.02. The lowest BCUT2D eigenvalue weighted by molar-refractivity contribution is 0.146. The van der Waals surface area contributed by atoms with Crippen LogP contribution in [0.3, 0.4) is 0 Å². The third-order valence-electron chi connectivity index (χ3n) is 4.02. The minimum absolute atomic E-state index is 0. The molecule has 6 nitrogen and oxygen atoms in total. The van der Waals surface area contributed by atoms with Crippen molar-refractivity contribution in [1.29, 1.82) is 0 Å². The Hall–Kier alpha value is -2.26. The molecule has 0 saturated carbocycles. The molecule has 0 saturated heterocycles. The summed E-state index contributed by atoms with van der Waals surface area (Å²) in [6, 6.07) is 15.9. The van der Waals surface area contributed by atoms with Crippen molar-refractivity contribution in [3.8, 4) is 11.5 Å². The van der Waals surface area contributed by atoms with Crippen LogP contribution in [0.1, 0.15) is 18.1 Å². The van der Waals surface area contributed by atoms with Gasteiger partial charge in [-0.05, 0) is 30.7 Å². The van der Waals surface area contributed by atoms with Gasteiger partial charge >= 0.3 is 0 Å². The molecule has 0 radical (unpaired) electrons. The lowest BCUT2D eigenvalue weighted by Gasteiger charge is -2.14. The number of guanidine groups is 1. The second kappa shape index (κ2) is 15.6. The van der Waals surface area contributed by atoms with Gasteiger partial charge in [-0.1, -0.05) is 43.0 Å². The van der Waals surface area contributed by atoms with Crippen molar-refractivity contribution in [3.05, 3.63) is 72.3 Å². The summed E-state index contributed by atoms with van der Waals surface area (Å²) < 4.78 is 16.3. The Kier molecular flexibility index (Phi) is 13.4. The summed E-state index contributed by atoms with van der Waals surface area (Å²) >= 11 is 0. The Balaban J connectivity index is 0.00000450. The molecule has 0 fully saturated rings. The molecule has 0 aliphatic rings. The fourth-order valence-corrected chi connectivity index (χ4v) is 2.56. The molecule has 0 spiro atoms. The van der Waals surface area contributed by atoms with Crippen LogP contribution in [-0.2, 0) is 17.8 Å². The summed E-state index contributed by atoms with van der Waals surface area (Å²) in [7, 11) is 1.66. The molecule has 0 aliphatic carbocycles. The highest BCUT2D eigenvalue weighted by Gasteiger charge is 2.04. The topological polar surface area (TPSA) is 64.1 Å². The Bertz CT molecular complexity index is 767. The van der Waals surface area contributed by atoms with E-state index >= 15 is 0 Å². The van der Waals surface area contributed by atoms with Gasteiger partial charge in [-0.15, -0.1) is 24.0 Å². The van der Waals surface area contributed by atoms with E-state index in [1.54, 1.807) is 13.2 Å². The molecule has 30 heavy (non-hydrogen) atoms. The first kappa shape index (κ1) is 25.8. The Morgan fingerprint density at radius 2 is 1.80 bits per heavy atom. The van der Waals surface area contributed by atoms with E-state index in [4.69, 9.17) is 14.2 Å². The van der Waals surface area contributed by atoms with Crippen molar-refractivity contribution in [2.45, 2.75) is 20.0 Å². The first-order chi connectivity index (χ1) is 14.3. The molecule has 0 aromatic heterocycles. The van der Waals surface area contributed by atoms with E-state index in [2.05, 4.69) is 22.2 Å². The van der Waals surface area contributed by atoms with Crippen LogP contribution in [0.5, 0.6) is 11.5 Å². The van der Waals surface area contributed by atoms with E-state index in [9.17, 15) is 0 Å². The maximum atomic E-state index is 5.72. The second-order valence-corrected chi connectivity index (χ2v) is 6.24. The monoisotopic (exact) mass is 525 g/mol. The number of nitrogens with zero attached hydrogens (tertiary/aromatic N) is 1. The van der Waals surface area contributed by atoms with E-state index in [1.165, 1.54) is 0 Å². The fourth-order valence-electron chi connectivity index (χ4n) is 2.56. The first-order valence-electron chi connectivity index (χ1n) is 9.81. The van der Waals surface area contributed by atoms with Crippen molar-refractivity contribution in [3.63, 3.8) is 0 Å². The quantitative estimate of drug-likeness (QED) is 0.143. The molecule has 0 unspecified atom stereocenters. The van der Waals surface area contributed by atoms with Gasteiger partial charge in [-0.2, -0.15) is 0 Å². The van der Waals surface area contributed by atoms with E-state index in [0.717, 1.165) is 35.1 Å². The Morgan fingerprint density at radius 3 is 2.50 bits per heavy atom. The molecule has 0 bridgehead atoms. The largest absolute Gasteiger partial charge is 0.491 e. The van der Waals surface area contributed by atoms with Crippen LogP contribution in [0.4, 0.5) is 0 Å². The van der Waals surface area contributed by atoms with Gasteiger partial charge in [0.25, 0.3) is 0 Å². The lowest BCUT2D eigenvalue weighted by atomic mass is 10.2. The van der Waals surface area contributed by atoms with Gasteiger partial charge in [-0.3, -0.25) is 0 Å². The number of methoxy groups -OCH3 is 1. The van der Waals surface area contributed by atoms with Gasteiger partial charge in [0.1, 0.15) is 24.7 Å². The van der Waals surface area contributed by atoms with Gasteiger partial charge in [0, 0.05) is 25.8 Å². The molecule has 164 valence electrons. The molecular weight excluding hydrogens is 493 g/mol. The van der Waals surface area contributed by atoms with E-state index in [1.807, 2.05) is 55.5 Å². The summed E-state index contributed by atoms with van der Waals surface area (Å²) in [5.41, 5.74) is 2.17. The smallest absolute Gasteiger partial charge is 0.191 e. The summed E-state index contributed by atoms with van der Waals surface area (Å²) in [4.78, 5) is 4.67. The van der Waals surface area contributed by atoms with Crippen molar-refractivity contribution < 1.29 is 14.2 Å². The Morgan fingerprint density at radius 1 is 1.03 bits per heavy atom. The lowest BCUT2D eigenvalue weighted by Crippen LogP contribution is -2.36. The number of hydrogen-bond donors (Lipinski definition) is 2. The molecule has 2 aromatic carbocycles. The molecule has 0 atom stereocenters. The van der Waals surface area contributed by atoms with Crippen molar-refractivity contribution in [2.75, 3.05) is 33.5 Å².